The molecule has 0 spiro atoms. The summed E-state index contributed by atoms with van der Waals surface area (Å²) >= 11 is 0. The van der Waals surface area contributed by atoms with Crippen LogP contribution >= 0.6 is 21.6 Å². The van der Waals surface area contributed by atoms with Crippen LogP contribution in [0, 0.1) is 35.5 Å². The fourth-order valence-corrected chi connectivity index (χ4v) is 14.0. The van der Waals surface area contributed by atoms with Gasteiger partial charge in [-0.2, -0.15) is 0 Å². The molecule has 2 aliphatic carbocycles. The molecule has 0 aromatic rings. The van der Waals surface area contributed by atoms with E-state index in [-0.39, 0.29) is 0 Å². The van der Waals surface area contributed by atoms with Gasteiger partial charge in [-0.25, -0.2) is 0 Å². The van der Waals surface area contributed by atoms with Gasteiger partial charge in [0.05, 0.1) is 0 Å². The van der Waals surface area contributed by atoms with Crippen LogP contribution in [0.15, 0.2) is 0 Å². The van der Waals surface area contributed by atoms with Gasteiger partial charge in [-0.05, 0) is 67.7 Å². The number of hydrogen-bond donors (Lipinski definition) is 1. The molecule has 0 aromatic heterocycles. The molecular formula is C68H139NS2. The molecule has 2 aliphatic rings. The highest BCUT2D eigenvalue weighted by Gasteiger charge is 2.35. The van der Waals surface area contributed by atoms with E-state index in [2.05, 4.69) is 57.7 Å². The van der Waals surface area contributed by atoms with Crippen molar-refractivity contribution in [3.05, 3.63) is 0 Å². The van der Waals surface area contributed by atoms with E-state index in [1.807, 2.05) is 24.6 Å². The Kier molecular flexibility index (Phi) is 60.5. The lowest BCUT2D eigenvalue weighted by atomic mass is 9.90. The molecule has 0 saturated heterocycles. The quantitative estimate of drug-likeness (QED) is 0.0482. The maximum absolute atomic E-state index is 3.75. The molecular weight excluding hydrogens is 895 g/mol. The summed E-state index contributed by atoms with van der Waals surface area (Å²) in [6.45, 7) is 20.4. The molecule has 6 unspecified atom stereocenters. The summed E-state index contributed by atoms with van der Waals surface area (Å²) in [5.41, 5.74) is 0. The Morgan fingerprint density at radius 3 is 0.873 bits per heavy atom. The van der Waals surface area contributed by atoms with Crippen LogP contribution in [0.3, 0.4) is 0 Å². The molecule has 71 heavy (non-hydrogen) atoms. The second-order valence-electron chi connectivity index (χ2n) is 23.8. The van der Waals surface area contributed by atoms with Crippen LogP contribution in [-0.4, -0.2) is 24.6 Å². The van der Waals surface area contributed by atoms with E-state index < -0.39 is 0 Å². The van der Waals surface area contributed by atoms with Crippen molar-refractivity contribution in [1.82, 2.24) is 5.32 Å². The molecule has 6 atom stereocenters. The van der Waals surface area contributed by atoms with Gasteiger partial charge in [0.1, 0.15) is 0 Å². The summed E-state index contributed by atoms with van der Waals surface area (Å²) in [5.74, 6) is 9.06. The van der Waals surface area contributed by atoms with Crippen molar-refractivity contribution in [2.45, 2.75) is 376 Å². The lowest BCUT2D eigenvalue weighted by Crippen LogP contribution is -2.20. The number of hydrogen-bond acceptors (Lipinski definition) is 3. The van der Waals surface area contributed by atoms with E-state index in [9.17, 15) is 0 Å². The minimum absolute atomic E-state index is 0.967. The van der Waals surface area contributed by atoms with Crippen LogP contribution in [0.1, 0.15) is 376 Å². The van der Waals surface area contributed by atoms with Crippen molar-refractivity contribution in [2.24, 2.45) is 35.5 Å². The molecule has 0 amide bonds. The predicted octanol–water partition coefficient (Wildman–Crippen LogP) is 25.3. The van der Waals surface area contributed by atoms with E-state index in [4.69, 9.17) is 0 Å². The summed E-state index contributed by atoms with van der Waals surface area (Å²) in [4.78, 5) is 0. The molecule has 0 aromatic carbocycles. The first-order valence-corrected chi connectivity index (χ1v) is 36.6. The highest BCUT2D eigenvalue weighted by Crippen LogP contribution is 2.46. The molecule has 2 fully saturated rings. The molecule has 1 N–H and O–H groups in total. The molecule has 2 rings (SSSR count). The first-order valence-electron chi connectivity index (χ1n) is 34.1. The molecule has 0 radical (unpaired) electrons. The van der Waals surface area contributed by atoms with Crippen molar-refractivity contribution >= 4 is 21.6 Å². The zero-order valence-electron chi connectivity index (χ0n) is 51.0. The van der Waals surface area contributed by atoms with Gasteiger partial charge in [0.15, 0.2) is 0 Å². The number of rotatable bonds is 57. The van der Waals surface area contributed by atoms with E-state index in [1.165, 1.54) is 307 Å². The zero-order chi connectivity index (χ0) is 51.8. The lowest BCUT2D eigenvalue weighted by molar-refractivity contribution is 0.374. The van der Waals surface area contributed by atoms with E-state index >= 15 is 0 Å². The van der Waals surface area contributed by atoms with Crippen LogP contribution in [0.25, 0.3) is 0 Å². The summed E-state index contributed by atoms with van der Waals surface area (Å²) in [5, 5.41) is 3.75. The third-order valence-electron chi connectivity index (χ3n) is 17.0. The first-order chi connectivity index (χ1) is 35.1. The molecule has 1 nitrogen and oxygen atoms in total. The van der Waals surface area contributed by atoms with Crippen LogP contribution in [0.4, 0.5) is 0 Å². The molecule has 428 valence electrons. The third kappa shape index (κ3) is 52.5. The van der Waals surface area contributed by atoms with Crippen molar-refractivity contribution < 1.29 is 0 Å². The van der Waals surface area contributed by atoms with Crippen LogP contribution < -0.4 is 5.32 Å². The normalized spacial score (nSPS) is 17.9. The second kappa shape index (κ2) is 59.9. The number of unbranched alkanes of at least 4 members (excludes halogenated alkanes) is 30. The minimum Gasteiger partial charge on any atom is -0.316 e. The van der Waals surface area contributed by atoms with Gasteiger partial charge in [0.25, 0.3) is 0 Å². The van der Waals surface area contributed by atoms with Gasteiger partial charge >= 0.3 is 0 Å². The van der Waals surface area contributed by atoms with Crippen molar-refractivity contribution in [3.8, 4) is 0 Å². The van der Waals surface area contributed by atoms with Gasteiger partial charge in [0.2, 0.25) is 0 Å². The average molecular weight is 1040 g/mol. The van der Waals surface area contributed by atoms with E-state index in [0.717, 1.165) is 35.5 Å². The Bertz CT molecular complexity index is 955. The molecule has 3 heteroatoms. The van der Waals surface area contributed by atoms with Crippen LogP contribution in [-0.2, 0) is 0 Å². The molecule has 0 aliphatic heterocycles. The predicted molar refractivity (Wildman–Crippen MR) is 335 cm³/mol. The molecule has 0 bridgehead atoms. The Hall–Kier alpha value is 0.660. The van der Waals surface area contributed by atoms with E-state index in [0.29, 0.717) is 0 Å². The largest absolute Gasteiger partial charge is 0.316 e. The fourth-order valence-electron chi connectivity index (χ4n) is 11.9. The van der Waals surface area contributed by atoms with Gasteiger partial charge in [0, 0.05) is 18.1 Å². The maximum atomic E-state index is 3.75. The summed E-state index contributed by atoms with van der Waals surface area (Å²) in [7, 11) is 4.10. The van der Waals surface area contributed by atoms with Crippen molar-refractivity contribution in [1.29, 1.82) is 0 Å². The number of nitrogens with one attached hydrogen (secondary N) is 1. The van der Waals surface area contributed by atoms with Gasteiger partial charge in [-0.1, -0.05) is 372 Å². The smallest absolute Gasteiger partial charge is 0.0162 e. The summed E-state index contributed by atoms with van der Waals surface area (Å²) in [6.07, 6.45) is 73.9. The topological polar surface area (TPSA) is 12.0 Å². The standard InChI is InChI=1S/C35H71NS2.C31H62.C2H6/c1-4-7-9-11-13-15-19-23-33(27-28-36-29-31-38-37-30-6-3)24-20-16-14-18-22-26-35-32-34(35)25-21-17-12-10-8-5-2;1-4-7-9-11-13-15-19-24-29(23-6-3)25-20-16-14-18-22-27-31-28-30(31)26-21-17-12-10-8-5-2;1-2/h33-36H,4-32H2,1-3H3;29-31H,4-28H2,1-3H3;1-2H3. The van der Waals surface area contributed by atoms with Crippen molar-refractivity contribution in [3.63, 3.8) is 0 Å². The highest BCUT2D eigenvalue weighted by atomic mass is 33.1. The van der Waals surface area contributed by atoms with Gasteiger partial charge in [-0.3, -0.25) is 0 Å². The maximum Gasteiger partial charge on any atom is 0.0162 e. The third-order valence-corrected chi connectivity index (χ3v) is 19.6. The summed E-state index contributed by atoms with van der Waals surface area (Å²) in [6, 6.07) is 0. The Balaban J connectivity index is 0.00000136. The average Bonchev–Trinajstić information content (AvgIpc) is 4.33. The molecule has 2 saturated carbocycles. The zero-order valence-corrected chi connectivity index (χ0v) is 52.6. The monoisotopic (exact) mass is 1030 g/mol. The van der Waals surface area contributed by atoms with Crippen molar-refractivity contribution in [2.75, 3.05) is 24.6 Å². The Morgan fingerprint density at radius 2 is 0.563 bits per heavy atom. The van der Waals surface area contributed by atoms with Crippen LogP contribution in [0.2, 0.25) is 0 Å². The van der Waals surface area contributed by atoms with E-state index in [1.54, 1.807) is 38.5 Å². The Labute approximate surface area is 460 Å². The first kappa shape index (κ1) is 71.7. The summed E-state index contributed by atoms with van der Waals surface area (Å²) < 4.78 is 0. The van der Waals surface area contributed by atoms with Gasteiger partial charge in [-0.15, -0.1) is 0 Å². The SMILES string of the molecule is CC.CCCCCCCCCC(CCC)CCCCCCCC1CC1CCCCCCCC.CCCCCCCCCC(CCCCCCCC1CC1CCCCCCCC)CCNCCSSCCC. The second-order valence-corrected chi connectivity index (χ2v) is 26.5. The van der Waals surface area contributed by atoms with Gasteiger partial charge < -0.3 is 5.32 Å². The lowest BCUT2D eigenvalue weighted by Gasteiger charge is -2.17. The highest BCUT2D eigenvalue weighted by molar-refractivity contribution is 8.76. The minimum atomic E-state index is 0.967. The van der Waals surface area contributed by atoms with Crippen LogP contribution in [0.5, 0.6) is 0 Å². The fraction of sp³-hybridized carbons (Fsp3) is 1.00. The molecule has 0 heterocycles. The Morgan fingerprint density at radius 1 is 0.282 bits per heavy atom.